The summed E-state index contributed by atoms with van der Waals surface area (Å²) < 4.78 is 42.5. The molecule has 4 aromatic rings. The summed E-state index contributed by atoms with van der Waals surface area (Å²) in [7, 11) is 1.94. The van der Waals surface area contributed by atoms with Gasteiger partial charge in [0.15, 0.2) is 0 Å². The molecule has 0 radical (unpaired) electrons. The molecule has 0 spiro atoms. The van der Waals surface area contributed by atoms with Crippen molar-refractivity contribution in [2.75, 3.05) is 11.9 Å². The molecule has 0 saturated heterocycles. The predicted molar refractivity (Wildman–Crippen MR) is 117 cm³/mol. The Kier molecular flexibility index (Phi) is 5.88. The highest BCUT2D eigenvalue weighted by atomic mass is 35.5. The summed E-state index contributed by atoms with van der Waals surface area (Å²) in [6.45, 7) is 0.911. The van der Waals surface area contributed by atoms with Crippen LogP contribution in [0.4, 0.5) is 18.9 Å². The number of aromatic hydroxyl groups is 1. The van der Waals surface area contributed by atoms with Crippen LogP contribution in [0, 0.1) is 0 Å². The first-order valence-corrected chi connectivity index (χ1v) is 10.0. The highest BCUT2D eigenvalue weighted by molar-refractivity contribution is 6.36. The fourth-order valence-corrected chi connectivity index (χ4v) is 3.82. The maximum absolute atomic E-state index is 12.3. The minimum Gasteiger partial charge on any atom is -0.494 e. The number of hydrogen-bond donors (Lipinski definition) is 1. The molecule has 4 rings (SSSR count). The lowest BCUT2D eigenvalue weighted by molar-refractivity contribution is -0.274. The zero-order chi connectivity index (χ0) is 22.9. The van der Waals surface area contributed by atoms with E-state index < -0.39 is 6.36 Å². The summed E-state index contributed by atoms with van der Waals surface area (Å²) >= 11 is 6.48. The Morgan fingerprint density at radius 1 is 1.06 bits per heavy atom. The van der Waals surface area contributed by atoms with Crippen molar-refractivity contribution in [1.82, 2.24) is 9.55 Å². The summed E-state index contributed by atoms with van der Waals surface area (Å²) in [4.78, 5) is 6.06. The van der Waals surface area contributed by atoms with Crippen molar-refractivity contribution in [1.29, 1.82) is 0 Å². The highest BCUT2D eigenvalue weighted by Gasteiger charge is 2.31. The van der Waals surface area contributed by atoms with Gasteiger partial charge in [-0.1, -0.05) is 23.7 Å². The predicted octanol–water partition coefficient (Wildman–Crippen LogP) is 5.98. The van der Waals surface area contributed by atoms with Gasteiger partial charge in [-0.05, 0) is 47.5 Å². The first-order valence-electron chi connectivity index (χ1n) is 9.66. The van der Waals surface area contributed by atoms with Gasteiger partial charge < -0.3 is 19.3 Å². The molecule has 166 valence electrons. The van der Waals surface area contributed by atoms with E-state index in [1.807, 2.05) is 30.1 Å². The molecular weight excluding hydrogens is 443 g/mol. The van der Waals surface area contributed by atoms with Crippen molar-refractivity contribution in [2.45, 2.75) is 19.5 Å². The Morgan fingerprint density at radius 2 is 1.75 bits per heavy atom. The van der Waals surface area contributed by atoms with E-state index in [2.05, 4.69) is 9.72 Å². The molecule has 2 aromatic heterocycles. The molecule has 5 nitrogen and oxygen atoms in total. The standard InChI is InChI=1S/C23H19ClF3N3O2/c1-29(12-16-6-8-28-9-7-16)18-10-17-14-30(22(31)21(17)20(24)11-18)13-15-2-4-19(5-3-15)32-23(25,26)27/h2-11,14,31H,12-13H2,1H3. The number of ether oxygens (including phenoxy) is 1. The van der Waals surface area contributed by atoms with Crippen molar-refractivity contribution >= 4 is 28.1 Å². The van der Waals surface area contributed by atoms with Crippen molar-refractivity contribution in [3.8, 4) is 11.6 Å². The van der Waals surface area contributed by atoms with E-state index in [-0.39, 0.29) is 18.2 Å². The van der Waals surface area contributed by atoms with Crippen LogP contribution in [-0.2, 0) is 13.1 Å². The number of rotatable bonds is 6. The third kappa shape index (κ3) is 4.91. The topological polar surface area (TPSA) is 50.5 Å². The second-order valence-electron chi connectivity index (χ2n) is 7.38. The number of fused-ring (bicyclic) bond motifs is 1. The van der Waals surface area contributed by atoms with Crippen molar-refractivity contribution in [3.63, 3.8) is 0 Å². The van der Waals surface area contributed by atoms with Crippen LogP contribution in [0.15, 0.2) is 67.1 Å². The first-order chi connectivity index (χ1) is 15.2. The molecule has 0 amide bonds. The second-order valence-corrected chi connectivity index (χ2v) is 7.78. The molecule has 2 heterocycles. The van der Waals surface area contributed by atoms with E-state index in [9.17, 15) is 18.3 Å². The maximum Gasteiger partial charge on any atom is 0.573 e. The number of alkyl halides is 3. The Labute approximate surface area is 187 Å². The van der Waals surface area contributed by atoms with Crippen LogP contribution in [0.3, 0.4) is 0 Å². The van der Waals surface area contributed by atoms with E-state index in [1.54, 1.807) is 29.2 Å². The van der Waals surface area contributed by atoms with Crippen LogP contribution in [0.5, 0.6) is 11.6 Å². The van der Waals surface area contributed by atoms with Crippen molar-refractivity contribution < 1.29 is 23.0 Å². The molecule has 0 bridgehead atoms. The van der Waals surface area contributed by atoms with Gasteiger partial charge in [0, 0.05) is 43.3 Å². The number of pyridine rings is 1. The van der Waals surface area contributed by atoms with E-state index in [0.29, 0.717) is 22.5 Å². The quantitative estimate of drug-likeness (QED) is 0.384. The molecule has 2 aromatic carbocycles. The smallest absolute Gasteiger partial charge is 0.494 e. The number of aromatic nitrogens is 2. The second kappa shape index (κ2) is 8.63. The number of nitrogens with zero attached hydrogens (tertiary/aromatic N) is 3. The Morgan fingerprint density at radius 3 is 2.41 bits per heavy atom. The van der Waals surface area contributed by atoms with Gasteiger partial charge in [0.25, 0.3) is 0 Å². The Balaban J connectivity index is 1.57. The third-order valence-corrected chi connectivity index (χ3v) is 5.31. The maximum atomic E-state index is 12.3. The number of hydrogen-bond acceptors (Lipinski definition) is 4. The average Bonchev–Trinajstić information content (AvgIpc) is 3.05. The lowest BCUT2D eigenvalue weighted by Gasteiger charge is -2.20. The van der Waals surface area contributed by atoms with Crippen LogP contribution < -0.4 is 9.64 Å². The third-order valence-electron chi connectivity index (χ3n) is 5.02. The van der Waals surface area contributed by atoms with Gasteiger partial charge in [-0.15, -0.1) is 13.2 Å². The largest absolute Gasteiger partial charge is 0.573 e. The van der Waals surface area contributed by atoms with Crippen LogP contribution >= 0.6 is 11.6 Å². The summed E-state index contributed by atoms with van der Waals surface area (Å²) in [6, 6.07) is 13.1. The molecule has 0 atom stereocenters. The van der Waals surface area contributed by atoms with Crippen LogP contribution in [-0.4, -0.2) is 28.1 Å². The van der Waals surface area contributed by atoms with Crippen molar-refractivity contribution in [3.05, 3.63) is 83.3 Å². The molecule has 0 aliphatic rings. The SMILES string of the molecule is CN(Cc1ccncc1)c1cc(Cl)c2c(O)n(Cc3ccc(OC(F)(F)F)cc3)cc2c1. The first kappa shape index (κ1) is 21.8. The van der Waals surface area contributed by atoms with Gasteiger partial charge in [-0.2, -0.15) is 0 Å². The summed E-state index contributed by atoms with van der Waals surface area (Å²) in [5.74, 6) is -0.308. The lowest BCUT2D eigenvalue weighted by Crippen LogP contribution is -2.17. The normalized spacial score (nSPS) is 11.7. The van der Waals surface area contributed by atoms with Gasteiger partial charge in [-0.3, -0.25) is 4.98 Å². The molecule has 0 aliphatic carbocycles. The fraction of sp³-hybridized carbons (Fsp3) is 0.174. The van der Waals surface area contributed by atoms with Crippen LogP contribution in [0.1, 0.15) is 11.1 Å². The number of anilines is 1. The fourth-order valence-electron chi connectivity index (χ4n) is 3.51. The number of halogens is 4. The summed E-state index contributed by atoms with van der Waals surface area (Å²) in [5.41, 5.74) is 2.67. The van der Waals surface area contributed by atoms with E-state index in [0.717, 1.165) is 16.6 Å². The Bertz CT molecular complexity index is 1230. The number of benzene rings is 2. The molecular formula is C23H19ClF3N3O2. The zero-order valence-electron chi connectivity index (χ0n) is 17.0. The van der Waals surface area contributed by atoms with Gasteiger partial charge in [0.2, 0.25) is 5.88 Å². The van der Waals surface area contributed by atoms with Gasteiger partial charge in [0.1, 0.15) is 5.75 Å². The molecule has 1 N–H and O–H groups in total. The summed E-state index contributed by atoms with van der Waals surface area (Å²) in [6.07, 6.45) is 0.496. The molecule has 9 heteroatoms. The van der Waals surface area contributed by atoms with Crippen LogP contribution in [0.25, 0.3) is 10.8 Å². The van der Waals surface area contributed by atoms with E-state index in [1.165, 1.54) is 24.3 Å². The summed E-state index contributed by atoms with van der Waals surface area (Å²) in [5, 5.41) is 12.4. The van der Waals surface area contributed by atoms with Gasteiger partial charge in [0.05, 0.1) is 17.0 Å². The lowest BCUT2D eigenvalue weighted by atomic mass is 10.1. The Hall–Kier alpha value is -3.39. The highest BCUT2D eigenvalue weighted by Crippen LogP contribution is 2.37. The monoisotopic (exact) mass is 461 g/mol. The molecule has 0 fully saturated rings. The van der Waals surface area contributed by atoms with Gasteiger partial charge >= 0.3 is 6.36 Å². The minimum atomic E-state index is -4.74. The van der Waals surface area contributed by atoms with Gasteiger partial charge in [-0.25, -0.2) is 0 Å². The minimum absolute atomic E-state index is 0.0102. The molecule has 32 heavy (non-hydrogen) atoms. The van der Waals surface area contributed by atoms with Crippen molar-refractivity contribution in [2.24, 2.45) is 0 Å². The van der Waals surface area contributed by atoms with E-state index in [4.69, 9.17) is 11.6 Å². The zero-order valence-corrected chi connectivity index (χ0v) is 17.7. The molecule has 0 unspecified atom stereocenters. The van der Waals surface area contributed by atoms with Crippen LogP contribution in [0.2, 0.25) is 5.02 Å². The average molecular weight is 462 g/mol. The molecule has 0 aliphatic heterocycles. The van der Waals surface area contributed by atoms with E-state index >= 15 is 0 Å². The molecule has 0 saturated carbocycles.